The monoisotopic (exact) mass is 282 g/mol. The first-order chi connectivity index (χ1) is 10.3. The number of nitrogens with zero attached hydrogens (tertiary/aromatic N) is 1. The molecule has 0 spiro atoms. The topological polar surface area (TPSA) is 41.6 Å². The molecule has 0 aliphatic carbocycles. The molecule has 0 saturated heterocycles. The standard InChI is InChI=1S/C17H18N2O2/c1-2-17(20)21-14-13-19(16-11-7-4-8-12-16)18-15-9-5-3-6-10-15/h2-12,18H,1,13-14H2. The van der Waals surface area contributed by atoms with Crippen molar-refractivity contribution in [3.63, 3.8) is 0 Å². The van der Waals surface area contributed by atoms with Gasteiger partial charge in [0.25, 0.3) is 0 Å². The molecule has 0 radical (unpaired) electrons. The van der Waals surface area contributed by atoms with Crippen molar-refractivity contribution in [1.82, 2.24) is 0 Å². The van der Waals surface area contributed by atoms with Gasteiger partial charge in [0, 0.05) is 6.08 Å². The zero-order valence-corrected chi connectivity index (χ0v) is 11.7. The number of benzene rings is 2. The number of anilines is 2. The molecular formula is C17H18N2O2. The number of hydrogen-bond donors (Lipinski definition) is 1. The smallest absolute Gasteiger partial charge is 0.330 e. The minimum atomic E-state index is -0.414. The summed E-state index contributed by atoms with van der Waals surface area (Å²) in [5.41, 5.74) is 5.27. The lowest BCUT2D eigenvalue weighted by Gasteiger charge is -2.26. The third-order valence-electron chi connectivity index (χ3n) is 2.83. The van der Waals surface area contributed by atoms with Crippen LogP contribution in [0.1, 0.15) is 0 Å². The Labute approximate surface area is 124 Å². The van der Waals surface area contributed by atoms with E-state index in [4.69, 9.17) is 4.74 Å². The summed E-state index contributed by atoms with van der Waals surface area (Å²) >= 11 is 0. The molecule has 2 aromatic rings. The maximum atomic E-state index is 11.1. The van der Waals surface area contributed by atoms with Crippen LogP contribution in [0.15, 0.2) is 73.3 Å². The van der Waals surface area contributed by atoms with E-state index < -0.39 is 5.97 Å². The van der Waals surface area contributed by atoms with Crippen LogP contribution in [-0.4, -0.2) is 19.1 Å². The van der Waals surface area contributed by atoms with Crippen LogP contribution >= 0.6 is 0 Å². The molecule has 0 heterocycles. The van der Waals surface area contributed by atoms with Gasteiger partial charge in [-0.05, 0) is 24.3 Å². The van der Waals surface area contributed by atoms with E-state index in [1.807, 2.05) is 65.7 Å². The van der Waals surface area contributed by atoms with Crippen molar-refractivity contribution in [2.24, 2.45) is 0 Å². The van der Waals surface area contributed by atoms with Crippen LogP contribution in [-0.2, 0) is 9.53 Å². The number of rotatable bonds is 7. The number of hydrogen-bond acceptors (Lipinski definition) is 4. The van der Waals surface area contributed by atoms with Gasteiger partial charge in [0.05, 0.1) is 17.9 Å². The fourth-order valence-electron chi connectivity index (χ4n) is 1.82. The first-order valence-electron chi connectivity index (χ1n) is 6.73. The Morgan fingerprint density at radius 2 is 1.71 bits per heavy atom. The van der Waals surface area contributed by atoms with E-state index in [0.29, 0.717) is 6.54 Å². The Bertz CT molecular complexity index is 570. The highest BCUT2D eigenvalue weighted by molar-refractivity contribution is 5.81. The fraction of sp³-hybridized carbons (Fsp3) is 0.118. The molecule has 0 amide bonds. The zero-order valence-electron chi connectivity index (χ0n) is 11.7. The van der Waals surface area contributed by atoms with Gasteiger partial charge in [0.2, 0.25) is 0 Å². The van der Waals surface area contributed by atoms with E-state index in [9.17, 15) is 4.79 Å². The van der Waals surface area contributed by atoms with E-state index in [1.165, 1.54) is 0 Å². The molecule has 108 valence electrons. The van der Waals surface area contributed by atoms with E-state index in [0.717, 1.165) is 17.5 Å². The molecule has 21 heavy (non-hydrogen) atoms. The van der Waals surface area contributed by atoms with Crippen LogP contribution in [0.5, 0.6) is 0 Å². The van der Waals surface area contributed by atoms with Gasteiger partial charge in [0.15, 0.2) is 0 Å². The van der Waals surface area contributed by atoms with E-state index >= 15 is 0 Å². The molecular weight excluding hydrogens is 264 g/mol. The van der Waals surface area contributed by atoms with Gasteiger partial charge in [0.1, 0.15) is 6.61 Å². The number of para-hydroxylation sites is 2. The Balaban J connectivity index is 2.04. The van der Waals surface area contributed by atoms with Crippen molar-refractivity contribution in [3.05, 3.63) is 73.3 Å². The second kappa shape index (κ2) is 7.75. The van der Waals surface area contributed by atoms with Crippen LogP contribution in [0.2, 0.25) is 0 Å². The highest BCUT2D eigenvalue weighted by Gasteiger charge is 2.07. The molecule has 2 aromatic carbocycles. The van der Waals surface area contributed by atoms with Crippen LogP contribution in [0.25, 0.3) is 0 Å². The van der Waals surface area contributed by atoms with E-state index in [1.54, 1.807) is 0 Å². The Morgan fingerprint density at radius 3 is 2.33 bits per heavy atom. The predicted octanol–water partition coefficient (Wildman–Crippen LogP) is 3.25. The zero-order chi connectivity index (χ0) is 14.9. The highest BCUT2D eigenvalue weighted by atomic mass is 16.5. The van der Waals surface area contributed by atoms with E-state index in [2.05, 4.69) is 12.0 Å². The summed E-state index contributed by atoms with van der Waals surface area (Å²) in [5, 5.41) is 1.94. The summed E-state index contributed by atoms with van der Waals surface area (Å²) in [7, 11) is 0. The summed E-state index contributed by atoms with van der Waals surface area (Å²) in [5.74, 6) is -0.414. The van der Waals surface area contributed by atoms with Gasteiger partial charge in [-0.25, -0.2) is 4.79 Å². The summed E-state index contributed by atoms with van der Waals surface area (Å²) in [6, 6.07) is 19.7. The summed E-state index contributed by atoms with van der Waals surface area (Å²) in [6.45, 7) is 4.18. The Morgan fingerprint density at radius 1 is 1.10 bits per heavy atom. The molecule has 1 N–H and O–H groups in total. The van der Waals surface area contributed by atoms with Crippen LogP contribution < -0.4 is 10.4 Å². The molecule has 2 rings (SSSR count). The van der Waals surface area contributed by atoms with Crippen LogP contribution in [0.3, 0.4) is 0 Å². The summed E-state index contributed by atoms with van der Waals surface area (Å²) in [4.78, 5) is 11.1. The summed E-state index contributed by atoms with van der Waals surface area (Å²) in [6.07, 6.45) is 1.16. The lowest BCUT2D eigenvalue weighted by molar-refractivity contribution is -0.137. The van der Waals surface area contributed by atoms with Gasteiger partial charge >= 0.3 is 5.97 Å². The molecule has 0 aliphatic rings. The average molecular weight is 282 g/mol. The van der Waals surface area contributed by atoms with Gasteiger partial charge in [-0.1, -0.05) is 43.0 Å². The van der Waals surface area contributed by atoms with Crippen molar-refractivity contribution in [3.8, 4) is 0 Å². The Kier molecular flexibility index (Phi) is 5.41. The first-order valence-corrected chi connectivity index (χ1v) is 6.73. The quantitative estimate of drug-likeness (QED) is 0.481. The minimum absolute atomic E-state index is 0.277. The first kappa shape index (κ1) is 14.7. The SMILES string of the molecule is C=CC(=O)OCCN(Nc1ccccc1)c1ccccc1. The van der Waals surface area contributed by atoms with Gasteiger partial charge in [-0.3, -0.25) is 10.4 Å². The second-order valence-electron chi connectivity index (χ2n) is 4.34. The predicted molar refractivity (Wildman–Crippen MR) is 85.0 cm³/mol. The van der Waals surface area contributed by atoms with E-state index in [-0.39, 0.29) is 6.61 Å². The lowest BCUT2D eigenvalue weighted by Crippen LogP contribution is -2.33. The number of carbonyl (C=O) groups is 1. The number of nitrogens with one attached hydrogen (secondary N) is 1. The van der Waals surface area contributed by atoms with Crippen LogP contribution in [0, 0.1) is 0 Å². The maximum absolute atomic E-state index is 11.1. The van der Waals surface area contributed by atoms with Gasteiger partial charge in [-0.2, -0.15) is 0 Å². The van der Waals surface area contributed by atoms with Crippen molar-refractivity contribution in [1.29, 1.82) is 0 Å². The summed E-state index contributed by atoms with van der Waals surface area (Å²) < 4.78 is 5.04. The third-order valence-corrected chi connectivity index (χ3v) is 2.83. The number of carbonyl (C=O) groups excluding carboxylic acids is 1. The largest absolute Gasteiger partial charge is 0.461 e. The number of hydrazine groups is 1. The maximum Gasteiger partial charge on any atom is 0.330 e. The lowest BCUT2D eigenvalue weighted by atomic mass is 10.3. The fourth-order valence-corrected chi connectivity index (χ4v) is 1.82. The van der Waals surface area contributed by atoms with Crippen molar-refractivity contribution in [2.75, 3.05) is 23.6 Å². The molecule has 0 aromatic heterocycles. The van der Waals surface area contributed by atoms with Gasteiger partial charge in [-0.15, -0.1) is 0 Å². The molecule has 0 saturated carbocycles. The van der Waals surface area contributed by atoms with Crippen molar-refractivity contribution in [2.45, 2.75) is 0 Å². The number of ether oxygens (including phenoxy) is 1. The molecule has 0 fully saturated rings. The molecule has 0 bridgehead atoms. The Hall–Kier alpha value is -2.75. The average Bonchev–Trinajstić information content (AvgIpc) is 2.55. The second-order valence-corrected chi connectivity index (χ2v) is 4.34. The third kappa shape index (κ3) is 4.69. The molecule has 4 heteroatoms. The van der Waals surface area contributed by atoms with Crippen molar-refractivity contribution >= 4 is 17.3 Å². The minimum Gasteiger partial charge on any atom is -0.461 e. The highest BCUT2D eigenvalue weighted by Crippen LogP contribution is 2.15. The van der Waals surface area contributed by atoms with Crippen molar-refractivity contribution < 1.29 is 9.53 Å². The molecule has 0 unspecified atom stereocenters. The van der Waals surface area contributed by atoms with Crippen LogP contribution in [0.4, 0.5) is 11.4 Å². The molecule has 0 aliphatic heterocycles. The normalized spacial score (nSPS) is 9.71. The number of esters is 1. The van der Waals surface area contributed by atoms with Gasteiger partial charge < -0.3 is 4.74 Å². The molecule has 4 nitrogen and oxygen atoms in total. The molecule has 0 atom stereocenters.